The third kappa shape index (κ3) is 3.85. The fourth-order valence-electron chi connectivity index (χ4n) is 2.07. The van der Waals surface area contributed by atoms with Crippen LogP contribution in [0.25, 0.3) is 0 Å². The first-order valence-electron chi connectivity index (χ1n) is 6.80. The lowest BCUT2D eigenvalue weighted by Gasteiger charge is -2.21. The smallest absolute Gasteiger partial charge is 0.165 e. The molecular formula is C17H16NO4-. The van der Waals surface area contributed by atoms with Gasteiger partial charge in [0.15, 0.2) is 5.78 Å². The summed E-state index contributed by atoms with van der Waals surface area (Å²) in [7, 11) is 1.49. The molecule has 2 aromatic rings. The molecule has 2 rings (SSSR count). The lowest BCUT2D eigenvalue weighted by molar-refractivity contribution is -0.306. The molecule has 0 saturated carbocycles. The number of carbonyl (C=O) groups is 2. The van der Waals surface area contributed by atoms with Gasteiger partial charge in [-0.25, -0.2) is 0 Å². The quantitative estimate of drug-likeness (QED) is 0.784. The fourth-order valence-corrected chi connectivity index (χ4v) is 2.07. The number of benzene rings is 2. The number of rotatable bonds is 7. The van der Waals surface area contributed by atoms with Crippen LogP contribution in [0.2, 0.25) is 0 Å². The summed E-state index contributed by atoms with van der Waals surface area (Å²) in [4.78, 5) is 23.4. The molecule has 0 saturated heterocycles. The van der Waals surface area contributed by atoms with Crippen LogP contribution in [0, 0.1) is 0 Å². The molecule has 5 nitrogen and oxygen atoms in total. The number of para-hydroxylation sites is 2. The van der Waals surface area contributed by atoms with Crippen LogP contribution in [0.4, 0.5) is 5.69 Å². The van der Waals surface area contributed by atoms with Crippen molar-refractivity contribution in [2.45, 2.75) is 12.5 Å². The molecule has 0 radical (unpaired) electrons. The van der Waals surface area contributed by atoms with E-state index in [0.717, 1.165) is 0 Å². The predicted octanol–water partition coefficient (Wildman–Crippen LogP) is 1.50. The summed E-state index contributed by atoms with van der Waals surface area (Å²) in [5.74, 6) is -1.10. The predicted molar refractivity (Wildman–Crippen MR) is 80.8 cm³/mol. The number of carboxylic acid groups (broad SMARTS) is 1. The van der Waals surface area contributed by atoms with Crippen LogP contribution in [0.3, 0.4) is 0 Å². The third-order valence-corrected chi connectivity index (χ3v) is 3.21. The number of hydrogen-bond donors (Lipinski definition) is 1. The van der Waals surface area contributed by atoms with Gasteiger partial charge in [-0.3, -0.25) is 4.79 Å². The van der Waals surface area contributed by atoms with Crippen molar-refractivity contribution in [1.29, 1.82) is 0 Å². The summed E-state index contributed by atoms with van der Waals surface area (Å²) in [6.07, 6.45) is -0.204. The molecule has 114 valence electrons. The number of hydrogen-bond acceptors (Lipinski definition) is 5. The molecule has 0 fully saturated rings. The van der Waals surface area contributed by atoms with Crippen LogP contribution >= 0.6 is 0 Å². The standard InChI is InChI=1S/C17H17NO4/c1-22-16-10-6-5-9-13(16)18-14(17(20)21)11-15(19)12-7-3-2-4-8-12/h2-10,14,18H,11H2,1H3,(H,20,21)/p-1/t14-/m0/s1. The van der Waals surface area contributed by atoms with Gasteiger partial charge in [-0.05, 0) is 12.1 Å². The largest absolute Gasteiger partial charge is 0.548 e. The first-order chi connectivity index (χ1) is 10.6. The molecular weight excluding hydrogens is 282 g/mol. The van der Waals surface area contributed by atoms with Crippen molar-refractivity contribution in [3.63, 3.8) is 0 Å². The molecule has 0 bridgehead atoms. The van der Waals surface area contributed by atoms with Gasteiger partial charge in [-0.2, -0.15) is 0 Å². The van der Waals surface area contributed by atoms with Crippen LogP contribution in [-0.2, 0) is 4.79 Å². The highest BCUT2D eigenvalue weighted by molar-refractivity contribution is 5.99. The van der Waals surface area contributed by atoms with E-state index >= 15 is 0 Å². The minimum absolute atomic E-state index is 0.204. The number of methoxy groups -OCH3 is 1. The number of ketones is 1. The second-order valence-electron chi connectivity index (χ2n) is 4.71. The molecule has 0 unspecified atom stereocenters. The van der Waals surface area contributed by atoms with Gasteiger partial charge < -0.3 is 20.0 Å². The van der Waals surface area contributed by atoms with E-state index in [4.69, 9.17) is 4.74 Å². The lowest BCUT2D eigenvalue weighted by atomic mass is 10.0. The van der Waals surface area contributed by atoms with Crippen molar-refractivity contribution >= 4 is 17.4 Å². The minimum Gasteiger partial charge on any atom is -0.548 e. The number of ether oxygens (including phenoxy) is 1. The molecule has 5 heteroatoms. The van der Waals surface area contributed by atoms with Gasteiger partial charge in [-0.1, -0.05) is 42.5 Å². The Labute approximate surface area is 128 Å². The summed E-state index contributed by atoms with van der Waals surface area (Å²) < 4.78 is 5.15. The Balaban J connectivity index is 2.14. The van der Waals surface area contributed by atoms with Gasteiger partial charge in [-0.15, -0.1) is 0 Å². The van der Waals surface area contributed by atoms with Crippen molar-refractivity contribution in [2.24, 2.45) is 0 Å². The monoisotopic (exact) mass is 298 g/mol. The second-order valence-corrected chi connectivity index (χ2v) is 4.71. The van der Waals surface area contributed by atoms with E-state index in [1.54, 1.807) is 54.6 Å². The van der Waals surface area contributed by atoms with E-state index < -0.39 is 12.0 Å². The van der Waals surface area contributed by atoms with Crippen LogP contribution in [0.15, 0.2) is 54.6 Å². The fraction of sp³-hybridized carbons (Fsp3) is 0.176. The van der Waals surface area contributed by atoms with Crippen molar-refractivity contribution in [3.05, 3.63) is 60.2 Å². The van der Waals surface area contributed by atoms with Crippen LogP contribution < -0.4 is 15.2 Å². The maximum Gasteiger partial charge on any atom is 0.165 e. The zero-order chi connectivity index (χ0) is 15.9. The summed E-state index contributed by atoms with van der Waals surface area (Å²) in [5.41, 5.74) is 0.968. The highest BCUT2D eigenvalue weighted by Gasteiger charge is 2.17. The molecule has 0 aliphatic rings. The molecule has 1 N–H and O–H groups in total. The minimum atomic E-state index is -1.34. The number of carboxylic acids is 1. The Kier molecular flexibility index (Phi) is 5.14. The summed E-state index contributed by atoms with van der Waals surface area (Å²) in [5, 5.41) is 14.1. The average Bonchev–Trinajstić information content (AvgIpc) is 2.55. The van der Waals surface area contributed by atoms with E-state index in [2.05, 4.69) is 5.32 Å². The molecule has 0 spiro atoms. The Morgan fingerprint density at radius 2 is 1.73 bits per heavy atom. The lowest BCUT2D eigenvalue weighted by Crippen LogP contribution is -2.42. The summed E-state index contributed by atoms with van der Waals surface area (Å²) >= 11 is 0. The molecule has 0 aliphatic heterocycles. The van der Waals surface area contributed by atoms with Crippen molar-refractivity contribution in [2.75, 3.05) is 12.4 Å². The number of nitrogens with one attached hydrogen (secondary N) is 1. The van der Waals surface area contributed by atoms with E-state index in [-0.39, 0.29) is 12.2 Å². The molecule has 0 aliphatic carbocycles. The summed E-state index contributed by atoms with van der Waals surface area (Å²) in [6.45, 7) is 0. The average molecular weight is 298 g/mol. The highest BCUT2D eigenvalue weighted by atomic mass is 16.5. The van der Waals surface area contributed by atoms with Crippen LogP contribution in [-0.4, -0.2) is 24.9 Å². The normalized spacial score (nSPS) is 11.5. The maximum atomic E-state index is 12.1. The zero-order valence-corrected chi connectivity index (χ0v) is 12.1. The maximum absolute atomic E-state index is 12.1. The SMILES string of the molecule is COc1ccccc1N[C@@H](CC(=O)c1ccccc1)C(=O)[O-]. The first-order valence-corrected chi connectivity index (χ1v) is 6.80. The van der Waals surface area contributed by atoms with Gasteiger partial charge >= 0.3 is 0 Å². The molecule has 1 atom stereocenters. The number of anilines is 1. The van der Waals surface area contributed by atoms with E-state index in [1.165, 1.54) is 7.11 Å². The number of aliphatic carboxylic acids is 1. The Morgan fingerprint density at radius 1 is 1.09 bits per heavy atom. The van der Waals surface area contributed by atoms with Gasteiger partial charge in [0, 0.05) is 12.0 Å². The molecule has 22 heavy (non-hydrogen) atoms. The topological polar surface area (TPSA) is 78.5 Å². The molecule has 0 amide bonds. The van der Waals surface area contributed by atoms with Crippen molar-refractivity contribution < 1.29 is 19.4 Å². The van der Waals surface area contributed by atoms with Crippen molar-refractivity contribution in [1.82, 2.24) is 0 Å². The van der Waals surface area contributed by atoms with E-state index in [1.807, 2.05) is 0 Å². The zero-order valence-electron chi connectivity index (χ0n) is 12.1. The molecule has 0 aromatic heterocycles. The van der Waals surface area contributed by atoms with Gasteiger partial charge in [0.2, 0.25) is 0 Å². The third-order valence-electron chi connectivity index (χ3n) is 3.21. The Morgan fingerprint density at radius 3 is 2.36 bits per heavy atom. The first kappa shape index (κ1) is 15.6. The van der Waals surface area contributed by atoms with E-state index in [0.29, 0.717) is 17.0 Å². The molecule has 2 aromatic carbocycles. The van der Waals surface area contributed by atoms with Gasteiger partial charge in [0.1, 0.15) is 5.75 Å². The highest BCUT2D eigenvalue weighted by Crippen LogP contribution is 2.24. The van der Waals surface area contributed by atoms with Crippen LogP contribution in [0.1, 0.15) is 16.8 Å². The number of Topliss-reactive ketones (excluding diaryl/α,β-unsaturated/α-hetero) is 1. The van der Waals surface area contributed by atoms with Crippen molar-refractivity contribution in [3.8, 4) is 5.75 Å². The number of carbonyl (C=O) groups excluding carboxylic acids is 2. The Bertz CT molecular complexity index is 655. The van der Waals surface area contributed by atoms with Gasteiger partial charge in [0.25, 0.3) is 0 Å². The van der Waals surface area contributed by atoms with Gasteiger partial charge in [0.05, 0.1) is 24.8 Å². The van der Waals surface area contributed by atoms with Crippen LogP contribution in [0.5, 0.6) is 5.75 Å². The second kappa shape index (κ2) is 7.26. The summed E-state index contributed by atoms with van der Waals surface area (Å²) in [6, 6.07) is 14.3. The molecule has 0 heterocycles. The Hall–Kier alpha value is -2.82. The van der Waals surface area contributed by atoms with E-state index in [9.17, 15) is 14.7 Å².